The lowest BCUT2D eigenvalue weighted by molar-refractivity contribution is 0.686. The van der Waals surface area contributed by atoms with Crippen LogP contribution in [0.1, 0.15) is 28.8 Å². The molecule has 3 heteroatoms. The largest absolute Gasteiger partial charge is 0.312 e. The van der Waals surface area contributed by atoms with Crippen molar-refractivity contribution in [2.75, 3.05) is 0 Å². The van der Waals surface area contributed by atoms with Gasteiger partial charge in [-0.2, -0.15) is 0 Å². The average molecular weight is 245 g/mol. The molecule has 17 heavy (non-hydrogen) atoms. The minimum absolute atomic E-state index is 0.0372. The van der Waals surface area contributed by atoms with Crippen LogP contribution in [0, 0.1) is 6.92 Å². The molecule has 0 saturated heterocycles. The molecule has 0 fully saturated rings. The predicted molar refractivity (Wildman–Crippen MR) is 71.8 cm³/mol. The van der Waals surface area contributed by atoms with Crippen molar-refractivity contribution in [2.24, 2.45) is 0 Å². The molecular weight excluding hydrogens is 230 g/mol. The van der Waals surface area contributed by atoms with Crippen LogP contribution in [0.4, 0.5) is 0 Å². The quantitative estimate of drug-likeness (QED) is 0.821. The van der Waals surface area contributed by atoms with E-state index in [1.807, 2.05) is 6.92 Å². The third kappa shape index (κ3) is 1.95. The molecule has 0 unspecified atom stereocenters. The summed E-state index contributed by atoms with van der Waals surface area (Å²) in [5.41, 5.74) is 5.09. The van der Waals surface area contributed by atoms with Crippen molar-refractivity contribution in [2.45, 2.75) is 32.6 Å². The van der Waals surface area contributed by atoms with Crippen LogP contribution < -0.4 is 4.87 Å². The molecule has 0 radical (unpaired) electrons. The van der Waals surface area contributed by atoms with Gasteiger partial charge < -0.3 is 4.98 Å². The molecule has 1 aliphatic rings. The van der Waals surface area contributed by atoms with E-state index in [-0.39, 0.29) is 4.87 Å². The highest BCUT2D eigenvalue weighted by molar-refractivity contribution is 7.09. The maximum atomic E-state index is 11.3. The maximum Gasteiger partial charge on any atom is 0.305 e. The van der Waals surface area contributed by atoms with Gasteiger partial charge in [-0.25, -0.2) is 0 Å². The number of benzene rings is 1. The van der Waals surface area contributed by atoms with Crippen molar-refractivity contribution in [3.8, 4) is 11.3 Å². The average Bonchev–Trinajstić information content (AvgIpc) is 2.68. The summed E-state index contributed by atoms with van der Waals surface area (Å²) in [5, 5.41) is 0. The Morgan fingerprint density at radius 1 is 1.18 bits per heavy atom. The van der Waals surface area contributed by atoms with E-state index in [4.69, 9.17) is 0 Å². The topological polar surface area (TPSA) is 32.9 Å². The van der Waals surface area contributed by atoms with Crippen LogP contribution >= 0.6 is 11.3 Å². The molecule has 0 bridgehead atoms. The molecule has 0 atom stereocenters. The third-order valence-electron chi connectivity index (χ3n) is 3.46. The highest BCUT2D eigenvalue weighted by Gasteiger charge is 2.12. The first-order valence-corrected chi connectivity index (χ1v) is 6.87. The molecule has 2 nitrogen and oxygen atoms in total. The Balaban J connectivity index is 2.09. The molecule has 0 spiro atoms. The Morgan fingerprint density at radius 2 is 1.94 bits per heavy atom. The van der Waals surface area contributed by atoms with Gasteiger partial charge in [0.25, 0.3) is 0 Å². The molecule has 88 valence electrons. The monoisotopic (exact) mass is 245 g/mol. The lowest BCUT2D eigenvalue weighted by Crippen LogP contribution is -2.02. The van der Waals surface area contributed by atoms with E-state index in [2.05, 4.69) is 23.2 Å². The number of aromatic nitrogens is 1. The second kappa shape index (κ2) is 4.15. The van der Waals surface area contributed by atoms with Crippen molar-refractivity contribution in [1.82, 2.24) is 4.98 Å². The maximum absolute atomic E-state index is 11.3. The summed E-state index contributed by atoms with van der Waals surface area (Å²) in [4.78, 5) is 15.4. The molecule has 0 aliphatic heterocycles. The van der Waals surface area contributed by atoms with Crippen LogP contribution in [0.25, 0.3) is 11.3 Å². The number of aryl methyl sites for hydroxylation is 3. The Kier molecular flexibility index (Phi) is 2.63. The fourth-order valence-corrected chi connectivity index (χ4v) is 3.27. The number of fused-ring (bicyclic) bond motifs is 1. The van der Waals surface area contributed by atoms with E-state index in [1.54, 1.807) is 0 Å². The number of nitrogens with one attached hydrogen (secondary N) is 1. The summed E-state index contributed by atoms with van der Waals surface area (Å²) < 4.78 is 0. The van der Waals surface area contributed by atoms with Crippen LogP contribution in [-0.4, -0.2) is 4.98 Å². The molecule has 1 N–H and O–H groups in total. The number of rotatable bonds is 1. The van der Waals surface area contributed by atoms with Gasteiger partial charge >= 0.3 is 4.87 Å². The minimum Gasteiger partial charge on any atom is -0.312 e. The van der Waals surface area contributed by atoms with Crippen molar-refractivity contribution in [3.05, 3.63) is 43.9 Å². The fraction of sp³-hybridized carbons (Fsp3) is 0.357. The van der Waals surface area contributed by atoms with Gasteiger partial charge in [0.1, 0.15) is 0 Å². The number of hydrogen-bond acceptors (Lipinski definition) is 2. The summed E-state index contributed by atoms with van der Waals surface area (Å²) in [6, 6.07) is 6.61. The van der Waals surface area contributed by atoms with Gasteiger partial charge in [0, 0.05) is 4.88 Å². The number of H-pyrrole nitrogens is 1. The highest BCUT2D eigenvalue weighted by Crippen LogP contribution is 2.28. The normalized spacial score (nSPS) is 14.6. The molecule has 3 rings (SSSR count). The van der Waals surface area contributed by atoms with Crippen LogP contribution in [-0.2, 0) is 12.8 Å². The Bertz CT molecular complexity index is 609. The first-order chi connectivity index (χ1) is 8.24. The zero-order valence-electron chi connectivity index (χ0n) is 9.88. The molecule has 0 saturated carbocycles. The molecule has 1 aromatic carbocycles. The summed E-state index contributed by atoms with van der Waals surface area (Å²) in [6.45, 7) is 2.00. The second-order valence-corrected chi connectivity index (χ2v) is 5.82. The van der Waals surface area contributed by atoms with E-state index >= 15 is 0 Å². The van der Waals surface area contributed by atoms with E-state index < -0.39 is 0 Å². The van der Waals surface area contributed by atoms with Crippen molar-refractivity contribution < 1.29 is 0 Å². The Hall–Kier alpha value is -1.35. The van der Waals surface area contributed by atoms with Crippen LogP contribution in [0.15, 0.2) is 23.0 Å². The van der Waals surface area contributed by atoms with E-state index in [1.165, 1.54) is 48.1 Å². The summed E-state index contributed by atoms with van der Waals surface area (Å²) >= 11 is 1.29. The van der Waals surface area contributed by atoms with Crippen LogP contribution in [0.5, 0.6) is 0 Å². The SMILES string of the molecule is Cc1sc(=O)[nH]c1-c1ccc2c(c1)CCCC2. The van der Waals surface area contributed by atoms with Gasteiger partial charge in [-0.05, 0) is 55.4 Å². The highest BCUT2D eigenvalue weighted by atomic mass is 32.1. The smallest absolute Gasteiger partial charge is 0.305 e. The van der Waals surface area contributed by atoms with Gasteiger partial charge in [-0.3, -0.25) is 4.79 Å². The van der Waals surface area contributed by atoms with Crippen molar-refractivity contribution in [1.29, 1.82) is 0 Å². The molecule has 1 aromatic heterocycles. The van der Waals surface area contributed by atoms with Gasteiger partial charge in [0.15, 0.2) is 0 Å². The molecule has 1 aliphatic carbocycles. The molecule has 2 aromatic rings. The molecular formula is C14H15NOS. The standard InChI is InChI=1S/C14H15NOS/c1-9-13(15-14(16)17-9)12-7-6-10-4-2-3-5-11(10)8-12/h6-8H,2-5H2,1H3,(H,15,16). The Labute approximate surface area is 104 Å². The predicted octanol–water partition coefficient (Wildman–Crippen LogP) is 3.29. The van der Waals surface area contributed by atoms with E-state index in [9.17, 15) is 4.79 Å². The van der Waals surface area contributed by atoms with Crippen LogP contribution in [0.2, 0.25) is 0 Å². The minimum atomic E-state index is 0.0372. The second-order valence-electron chi connectivity index (χ2n) is 4.64. The first-order valence-electron chi connectivity index (χ1n) is 6.06. The number of thiazole rings is 1. The summed E-state index contributed by atoms with van der Waals surface area (Å²) in [5.74, 6) is 0. The first kappa shape index (κ1) is 10.8. The van der Waals surface area contributed by atoms with Gasteiger partial charge in [-0.1, -0.05) is 23.5 Å². The van der Waals surface area contributed by atoms with Crippen molar-refractivity contribution >= 4 is 11.3 Å². The zero-order chi connectivity index (χ0) is 11.8. The summed E-state index contributed by atoms with van der Waals surface area (Å²) in [7, 11) is 0. The molecule has 1 heterocycles. The van der Waals surface area contributed by atoms with E-state index in [0.29, 0.717) is 0 Å². The fourth-order valence-electron chi connectivity index (χ4n) is 2.57. The summed E-state index contributed by atoms with van der Waals surface area (Å²) in [6.07, 6.45) is 4.97. The van der Waals surface area contributed by atoms with Crippen LogP contribution in [0.3, 0.4) is 0 Å². The Morgan fingerprint density at radius 3 is 2.65 bits per heavy atom. The lowest BCUT2D eigenvalue weighted by atomic mass is 9.90. The van der Waals surface area contributed by atoms with Gasteiger partial charge in [-0.15, -0.1) is 0 Å². The molecule has 0 amide bonds. The lowest BCUT2D eigenvalue weighted by Gasteiger charge is -2.16. The van der Waals surface area contributed by atoms with Gasteiger partial charge in [0.2, 0.25) is 0 Å². The zero-order valence-corrected chi connectivity index (χ0v) is 10.7. The third-order valence-corrected chi connectivity index (χ3v) is 4.26. The van der Waals surface area contributed by atoms with E-state index in [0.717, 1.165) is 16.1 Å². The number of aromatic amines is 1. The number of hydrogen-bond donors (Lipinski definition) is 1. The van der Waals surface area contributed by atoms with Crippen molar-refractivity contribution in [3.63, 3.8) is 0 Å². The van der Waals surface area contributed by atoms with Gasteiger partial charge in [0.05, 0.1) is 5.69 Å².